The van der Waals surface area contributed by atoms with Crippen LogP contribution >= 0.6 is 0 Å². The van der Waals surface area contributed by atoms with Crippen molar-refractivity contribution in [3.8, 4) is 0 Å². The Kier molecular flexibility index (Phi) is 6.36. The highest BCUT2D eigenvalue weighted by atomic mass is 19.4. The SMILES string of the molecule is O=C(O)C(F)(F)F.O=C(O)Cc1cc(F)c([N+](=O)[O-])c(F)c1. The average molecular weight is 331 g/mol. The van der Waals surface area contributed by atoms with Gasteiger partial charge in [-0.25, -0.2) is 4.79 Å². The summed E-state index contributed by atoms with van der Waals surface area (Å²) in [6, 6.07) is 1.27. The fraction of sp³-hybridized carbons (Fsp3) is 0.200. The number of nitro groups is 1. The number of nitro benzene ring substituents is 1. The van der Waals surface area contributed by atoms with E-state index >= 15 is 0 Å². The van der Waals surface area contributed by atoms with Crippen molar-refractivity contribution < 1.29 is 46.7 Å². The maximum atomic E-state index is 12.9. The van der Waals surface area contributed by atoms with Crippen LogP contribution in [0.4, 0.5) is 27.6 Å². The second-order valence-corrected chi connectivity index (χ2v) is 3.54. The lowest BCUT2D eigenvalue weighted by atomic mass is 10.1. The van der Waals surface area contributed by atoms with Gasteiger partial charge in [-0.3, -0.25) is 14.9 Å². The van der Waals surface area contributed by atoms with E-state index < -0.39 is 46.8 Å². The van der Waals surface area contributed by atoms with Gasteiger partial charge >= 0.3 is 23.8 Å². The highest BCUT2D eigenvalue weighted by molar-refractivity contribution is 5.73. The van der Waals surface area contributed by atoms with E-state index in [9.17, 15) is 36.9 Å². The molecule has 1 aromatic rings. The monoisotopic (exact) mass is 331 g/mol. The molecule has 0 amide bonds. The third-order valence-electron chi connectivity index (χ3n) is 1.86. The van der Waals surface area contributed by atoms with Crippen LogP contribution in [-0.2, 0) is 16.0 Å². The van der Waals surface area contributed by atoms with Crippen LogP contribution in [0.25, 0.3) is 0 Å². The smallest absolute Gasteiger partial charge is 0.481 e. The molecule has 0 heterocycles. The van der Waals surface area contributed by atoms with Crippen LogP contribution in [0, 0.1) is 21.7 Å². The minimum atomic E-state index is -5.08. The Morgan fingerprint density at radius 1 is 1.14 bits per heavy atom. The minimum absolute atomic E-state index is 0.164. The van der Waals surface area contributed by atoms with Gasteiger partial charge in [0, 0.05) is 0 Å². The quantitative estimate of drug-likeness (QED) is 0.498. The first-order chi connectivity index (χ1) is 9.86. The summed E-state index contributed by atoms with van der Waals surface area (Å²) < 4.78 is 57.6. The van der Waals surface area contributed by atoms with Crippen molar-refractivity contribution in [2.45, 2.75) is 12.6 Å². The fourth-order valence-electron chi connectivity index (χ4n) is 1.07. The predicted octanol–water partition coefficient (Wildman–Crippen LogP) is 2.13. The van der Waals surface area contributed by atoms with Gasteiger partial charge in [0.05, 0.1) is 11.3 Å². The third-order valence-corrected chi connectivity index (χ3v) is 1.86. The topological polar surface area (TPSA) is 118 Å². The summed E-state index contributed by atoms with van der Waals surface area (Å²) in [5.74, 6) is -6.79. The van der Waals surface area contributed by atoms with Crippen molar-refractivity contribution in [2.75, 3.05) is 0 Å². The Bertz CT molecular complexity index is 577. The number of nitrogens with zero attached hydrogens (tertiary/aromatic N) is 1. The van der Waals surface area contributed by atoms with Gasteiger partial charge in [0.25, 0.3) is 0 Å². The van der Waals surface area contributed by atoms with E-state index in [0.717, 1.165) is 0 Å². The number of hydrogen-bond donors (Lipinski definition) is 2. The first-order valence-electron chi connectivity index (χ1n) is 5.00. The molecule has 1 aromatic carbocycles. The van der Waals surface area contributed by atoms with Crippen LogP contribution < -0.4 is 0 Å². The summed E-state index contributed by atoms with van der Waals surface area (Å²) in [6.45, 7) is 0. The Morgan fingerprint density at radius 3 is 1.73 bits per heavy atom. The van der Waals surface area contributed by atoms with Crippen LogP contribution in [0.5, 0.6) is 0 Å². The highest BCUT2D eigenvalue weighted by Crippen LogP contribution is 2.23. The standard InChI is InChI=1S/C8H5F2NO4.C2HF3O2/c9-5-1-4(3-7(12)13)2-6(10)8(5)11(14)15;3-2(4,5)1(6)7/h1-2H,3H2,(H,12,13);(H,6,7). The van der Waals surface area contributed by atoms with Crippen LogP contribution in [0.2, 0.25) is 0 Å². The third kappa shape index (κ3) is 6.11. The molecule has 12 heteroatoms. The number of halogens is 5. The number of rotatable bonds is 3. The first kappa shape index (κ1) is 19.2. The summed E-state index contributed by atoms with van der Waals surface area (Å²) in [5, 5.41) is 25.7. The lowest BCUT2D eigenvalue weighted by Gasteiger charge is -1.99. The first-order valence-corrected chi connectivity index (χ1v) is 5.00. The van der Waals surface area contributed by atoms with Gasteiger partial charge < -0.3 is 10.2 Å². The number of carboxylic acids is 2. The maximum absolute atomic E-state index is 12.9. The van der Waals surface area contributed by atoms with Crippen molar-refractivity contribution in [1.29, 1.82) is 0 Å². The molecule has 0 saturated heterocycles. The molecule has 0 aliphatic rings. The molecule has 0 atom stereocenters. The second-order valence-electron chi connectivity index (χ2n) is 3.54. The Hall–Kier alpha value is -2.79. The maximum Gasteiger partial charge on any atom is 0.490 e. The molecule has 7 nitrogen and oxygen atoms in total. The summed E-state index contributed by atoms with van der Waals surface area (Å²) in [7, 11) is 0. The van der Waals surface area contributed by atoms with Crippen LogP contribution in [-0.4, -0.2) is 33.3 Å². The van der Waals surface area contributed by atoms with Crippen molar-refractivity contribution in [1.82, 2.24) is 0 Å². The summed E-state index contributed by atoms with van der Waals surface area (Å²) in [4.78, 5) is 28.1. The highest BCUT2D eigenvalue weighted by Gasteiger charge is 2.38. The van der Waals surface area contributed by atoms with E-state index in [-0.39, 0.29) is 5.56 Å². The number of aliphatic carboxylic acids is 2. The van der Waals surface area contributed by atoms with Crippen LogP contribution in [0.15, 0.2) is 12.1 Å². The molecular weight excluding hydrogens is 325 g/mol. The molecule has 2 N–H and O–H groups in total. The zero-order valence-corrected chi connectivity index (χ0v) is 10.2. The molecule has 0 aliphatic heterocycles. The van der Waals surface area contributed by atoms with E-state index in [0.29, 0.717) is 12.1 Å². The number of benzene rings is 1. The van der Waals surface area contributed by atoms with Crippen molar-refractivity contribution in [3.63, 3.8) is 0 Å². The van der Waals surface area contributed by atoms with Gasteiger partial charge in [-0.15, -0.1) is 0 Å². The number of carboxylic acid groups (broad SMARTS) is 2. The van der Waals surface area contributed by atoms with Gasteiger partial charge in [0.2, 0.25) is 11.6 Å². The number of alkyl halides is 3. The second kappa shape index (κ2) is 7.28. The normalized spacial score (nSPS) is 10.4. The van der Waals surface area contributed by atoms with Crippen molar-refractivity contribution in [3.05, 3.63) is 39.4 Å². The molecule has 0 bridgehead atoms. The van der Waals surface area contributed by atoms with Gasteiger partial charge in [-0.2, -0.15) is 22.0 Å². The molecule has 1 rings (SSSR count). The lowest BCUT2D eigenvalue weighted by Crippen LogP contribution is -2.21. The average Bonchev–Trinajstić information content (AvgIpc) is 2.25. The van der Waals surface area contributed by atoms with Crippen LogP contribution in [0.3, 0.4) is 0 Å². The summed E-state index contributed by atoms with van der Waals surface area (Å²) in [6.07, 6.45) is -5.67. The van der Waals surface area contributed by atoms with Gasteiger partial charge in [0.1, 0.15) is 0 Å². The number of hydrogen-bond acceptors (Lipinski definition) is 4. The van der Waals surface area contributed by atoms with Crippen molar-refractivity contribution >= 4 is 17.6 Å². The van der Waals surface area contributed by atoms with Gasteiger partial charge in [0.15, 0.2) is 0 Å². The van der Waals surface area contributed by atoms with Crippen molar-refractivity contribution in [2.24, 2.45) is 0 Å². The zero-order chi connectivity index (χ0) is 17.7. The zero-order valence-electron chi connectivity index (χ0n) is 10.2. The largest absolute Gasteiger partial charge is 0.490 e. The molecule has 22 heavy (non-hydrogen) atoms. The van der Waals surface area contributed by atoms with E-state index in [4.69, 9.17) is 15.0 Å². The van der Waals surface area contributed by atoms with Crippen LogP contribution in [0.1, 0.15) is 5.56 Å². The van der Waals surface area contributed by atoms with E-state index in [1.54, 1.807) is 0 Å². The molecule has 0 fully saturated rings. The molecule has 122 valence electrons. The molecule has 0 saturated carbocycles. The molecule has 0 unspecified atom stereocenters. The fourth-order valence-corrected chi connectivity index (χ4v) is 1.07. The molecule has 0 aromatic heterocycles. The predicted molar refractivity (Wildman–Crippen MR) is 58.0 cm³/mol. The summed E-state index contributed by atoms with van der Waals surface area (Å²) >= 11 is 0. The molecule has 0 radical (unpaired) electrons. The minimum Gasteiger partial charge on any atom is -0.481 e. The Balaban J connectivity index is 0.000000534. The van der Waals surface area contributed by atoms with Gasteiger partial charge in [-0.1, -0.05) is 0 Å². The Morgan fingerprint density at radius 2 is 1.50 bits per heavy atom. The number of carbonyl (C=O) groups is 2. The van der Waals surface area contributed by atoms with Gasteiger partial charge in [-0.05, 0) is 17.7 Å². The molecule has 0 spiro atoms. The van der Waals surface area contributed by atoms with E-state index in [2.05, 4.69) is 0 Å². The lowest BCUT2D eigenvalue weighted by molar-refractivity contribution is -0.390. The van der Waals surface area contributed by atoms with E-state index in [1.807, 2.05) is 0 Å². The van der Waals surface area contributed by atoms with E-state index in [1.165, 1.54) is 0 Å². The Labute approximate surface area is 117 Å². The summed E-state index contributed by atoms with van der Waals surface area (Å²) in [5.41, 5.74) is -1.44. The molecular formula is C10H6F5NO6. The molecule has 0 aliphatic carbocycles.